The second-order valence-corrected chi connectivity index (χ2v) is 7.76. The van der Waals surface area contributed by atoms with Gasteiger partial charge in [-0.05, 0) is 37.1 Å². The lowest BCUT2D eigenvalue weighted by molar-refractivity contribution is -0.113. The Morgan fingerprint density at radius 2 is 1.93 bits per heavy atom. The molecule has 0 unspecified atom stereocenters. The molecule has 2 heterocycles. The minimum absolute atomic E-state index is 0.119. The third-order valence-electron chi connectivity index (χ3n) is 4.00. The molecule has 8 heteroatoms. The summed E-state index contributed by atoms with van der Waals surface area (Å²) in [5.41, 5.74) is 1.62. The highest BCUT2D eigenvalue weighted by Gasteiger charge is 2.17. The lowest BCUT2D eigenvalue weighted by Crippen LogP contribution is -2.16. The predicted molar refractivity (Wildman–Crippen MR) is 115 cm³/mol. The number of para-hydroxylation sites is 2. The van der Waals surface area contributed by atoms with Gasteiger partial charge in [-0.25, -0.2) is 0 Å². The van der Waals surface area contributed by atoms with Crippen molar-refractivity contribution in [2.24, 2.45) is 5.92 Å². The molecule has 0 fully saturated rings. The molecule has 29 heavy (non-hydrogen) atoms. The molecule has 0 atom stereocenters. The van der Waals surface area contributed by atoms with Crippen molar-refractivity contribution in [3.05, 3.63) is 48.8 Å². The fourth-order valence-electron chi connectivity index (χ4n) is 2.81. The number of amides is 1. The molecule has 1 N–H and O–H groups in total. The van der Waals surface area contributed by atoms with Crippen LogP contribution >= 0.6 is 11.8 Å². The number of nitrogens with one attached hydrogen (secondary N) is 1. The van der Waals surface area contributed by atoms with Gasteiger partial charge >= 0.3 is 0 Å². The second-order valence-electron chi connectivity index (χ2n) is 6.81. The highest BCUT2D eigenvalue weighted by atomic mass is 32.2. The van der Waals surface area contributed by atoms with Gasteiger partial charge in [0.15, 0.2) is 11.0 Å². The van der Waals surface area contributed by atoms with E-state index in [1.165, 1.54) is 11.8 Å². The molecule has 0 aliphatic rings. The summed E-state index contributed by atoms with van der Waals surface area (Å²) in [7, 11) is 0. The van der Waals surface area contributed by atoms with Gasteiger partial charge in [-0.3, -0.25) is 9.78 Å². The average Bonchev–Trinajstić information content (AvgIpc) is 3.10. The van der Waals surface area contributed by atoms with E-state index in [1.54, 1.807) is 12.4 Å². The number of pyridine rings is 1. The summed E-state index contributed by atoms with van der Waals surface area (Å²) in [6.07, 6.45) is 3.47. The first-order valence-electron chi connectivity index (χ1n) is 9.56. The molecule has 1 aromatic carbocycles. The maximum atomic E-state index is 12.5. The fraction of sp³-hybridized carbons (Fsp3) is 0.333. The summed E-state index contributed by atoms with van der Waals surface area (Å²) in [5.74, 6) is 1.97. The fourth-order valence-corrected chi connectivity index (χ4v) is 3.56. The van der Waals surface area contributed by atoms with Crippen molar-refractivity contribution < 1.29 is 9.53 Å². The summed E-state index contributed by atoms with van der Waals surface area (Å²) in [6.45, 7) is 7.50. The maximum Gasteiger partial charge on any atom is 0.234 e. The van der Waals surface area contributed by atoms with E-state index >= 15 is 0 Å². The monoisotopic (exact) mass is 411 g/mol. The van der Waals surface area contributed by atoms with E-state index in [-0.39, 0.29) is 11.7 Å². The van der Waals surface area contributed by atoms with Gasteiger partial charge in [0.05, 0.1) is 18.0 Å². The Labute approximate surface area is 174 Å². The number of aromatic nitrogens is 4. The van der Waals surface area contributed by atoms with Crippen molar-refractivity contribution >= 4 is 23.4 Å². The van der Waals surface area contributed by atoms with Gasteiger partial charge in [0, 0.05) is 24.5 Å². The molecule has 0 radical (unpaired) electrons. The number of carbonyl (C=O) groups is 1. The van der Waals surface area contributed by atoms with Gasteiger partial charge in [-0.2, -0.15) is 0 Å². The second kappa shape index (κ2) is 10.1. The van der Waals surface area contributed by atoms with Gasteiger partial charge in [0.1, 0.15) is 5.75 Å². The number of benzene rings is 1. The molecule has 3 aromatic rings. The van der Waals surface area contributed by atoms with Crippen molar-refractivity contribution in [2.45, 2.75) is 32.5 Å². The summed E-state index contributed by atoms with van der Waals surface area (Å²) in [5, 5.41) is 12.3. The van der Waals surface area contributed by atoms with Crippen LogP contribution in [0, 0.1) is 5.92 Å². The van der Waals surface area contributed by atoms with Crippen LogP contribution in [0.5, 0.6) is 5.75 Å². The highest BCUT2D eigenvalue weighted by molar-refractivity contribution is 7.99. The smallest absolute Gasteiger partial charge is 0.234 e. The summed E-state index contributed by atoms with van der Waals surface area (Å²) in [4.78, 5) is 16.6. The molecule has 0 saturated carbocycles. The molecule has 0 spiro atoms. The molecule has 0 bridgehead atoms. The molecule has 0 aliphatic heterocycles. The number of rotatable bonds is 9. The molecule has 7 nitrogen and oxygen atoms in total. The number of nitrogens with zero attached hydrogens (tertiary/aromatic N) is 4. The topological polar surface area (TPSA) is 81.9 Å². The normalized spacial score (nSPS) is 10.9. The summed E-state index contributed by atoms with van der Waals surface area (Å²) in [6, 6.07) is 11.2. The molecule has 152 valence electrons. The first-order valence-corrected chi connectivity index (χ1v) is 10.5. The van der Waals surface area contributed by atoms with Gasteiger partial charge in [0.2, 0.25) is 5.91 Å². The van der Waals surface area contributed by atoms with Crippen molar-refractivity contribution in [1.29, 1.82) is 0 Å². The van der Waals surface area contributed by atoms with E-state index < -0.39 is 0 Å². The SMILES string of the molecule is CCOc1ccccc1NC(=O)CSc1nnc(-c2ccncc2)n1CC(C)C. The van der Waals surface area contributed by atoms with Crippen LogP contribution in [-0.4, -0.2) is 38.0 Å². The summed E-state index contributed by atoms with van der Waals surface area (Å²) < 4.78 is 7.62. The van der Waals surface area contributed by atoms with E-state index in [9.17, 15) is 4.79 Å². The van der Waals surface area contributed by atoms with E-state index in [4.69, 9.17) is 4.74 Å². The summed E-state index contributed by atoms with van der Waals surface area (Å²) >= 11 is 1.37. The lowest BCUT2D eigenvalue weighted by Gasteiger charge is -2.13. The quantitative estimate of drug-likeness (QED) is 0.533. The van der Waals surface area contributed by atoms with E-state index in [0.717, 1.165) is 23.1 Å². The van der Waals surface area contributed by atoms with Crippen LogP contribution < -0.4 is 10.1 Å². The maximum absolute atomic E-state index is 12.5. The number of anilines is 1. The average molecular weight is 412 g/mol. The van der Waals surface area contributed by atoms with E-state index in [0.29, 0.717) is 24.0 Å². The zero-order chi connectivity index (χ0) is 20.6. The molecule has 1 amide bonds. The zero-order valence-electron chi connectivity index (χ0n) is 16.8. The Balaban J connectivity index is 1.72. The Morgan fingerprint density at radius 3 is 2.66 bits per heavy atom. The van der Waals surface area contributed by atoms with Crippen LogP contribution in [-0.2, 0) is 11.3 Å². The Kier molecular flexibility index (Phi) is 7.24. The van der Waals surface area contributed by atoms with Crippen LogP contribution in [0.1, 0.15) is 20.8 Å². The molecular formula is C21H25N5O2S. The van der Waals surface area contributed by atoms with Gasteiger partial charge in [-0.15, -0.1) is 10.2 Å². The molecule has 2 aromatic heterocycles. The van der Waals surface area contributed by atoms with Gasteiger partial charge < -0.3 is 14.6 Å². The molecule has 3 rings (SSSR count). The van der Waals surface area contributed by atoms with E-state index in [2.05, 4.69) is 38.9 Å². The Bertz CT molecular complexity index is 943. The van der Waals surface area contributed by atoms with Crippen LogP contribution in [0.15, 0.2) is 53.9 Å². The highest BCUT2D eigenvalue weighted by Crippen LogP contribution is 2.26. The molecule has 0 saturated heterocycles. The standard InChI is InChI=1S/C21H25N5O2S/c1-4-28-18-8-6-5-7-17(18)23-19(27)14-29-21-25-24-20(26(21)13-15(2)3)16-9-11-22-12-10-16/h5-12,15H,4,13-14H2,1-3H3,(H,23,27). The largest absolute Gasteiger partial charge is 0.492 e. The molecular weight excluding hydrogens is 386 g/mol. The minimum Gasteiger partial charge on any atom is -0.492 e. The van der Waals surface area contributed by atoms with Gasteiger partial charge in [0.25, 0.3) is 0 Å². The lowest BCUT2D eigenvalue weighted by atomic mass is 10.2. The first-order chi connectivity index (χ1) is 14.1. The van der Waals surface area contributed by atoms with Crippen LogP contribution in [0.4, 0.5) is 5.69 Å². The minimum atomic E-state index is -0.119. The van der Waals surface area contributed by atoms with Crippen molar-refractivity contribution in [1.82, 2.24) is 19.7 Å². The number of ether oxygens (including phenoxy) is 1. The number of hydrogen-bond donors (Lipinski definition) is 1. The number of hydrogen-bond acceptors (Lipinski definition) is 6. The Morgan fingerprint density at radius 1 is 1.17 bits per heavy atom. The van der Waals surface area contributed by atoms with Crippen molar-refractivity contribution in [2.75, 3.05) is 17.7 Å². The number of thioether (sulfide) groups is 1. The third kappa shape index (κ3) is 5.57. The van der Waals surface area contributed by atoms with Crippen LogP contribution in [0.2, 0.25) is 0 Å². The van der Waals surface area contributed by atoms with Gasteiger partial charge in [-0.1, -0.05) is 37.7 Å². The van der Waals surface area contributed by atoms with Crippen molar-refractivity contribution in [3.8, 4) is 17.1 Å². The molecule has 0 aliphatic carbocycles. The van der Waals surface area contributed by atoms with Crippen LogP contribution in [0.3, 0.4) is 0 Å². The van der Waals surface area contributed by atoms with Crippen LogP contribution in [0.25, 0.3) is 11.4 Å². The first kappa shape index (κ1) is 20.9. The third-order valence-corrected chi connectivity index (χ3v) is 4.96. The Hall–Kier alpha value is -2.87. The van der Waals surface area contributed by atoms with E-state index in [1.807, 2.05) is 43.3 Å². The predicted octanol–water partition coefficient (Wildman–Crippen LogP) is 4.13. The zero-order valence-corrected chi connectivity index (χ0v) is 17.6. The number of carbonyl (C=O) groups excluding carboxylic acids is 1. The van der Waals surface area contributed by atoms with Crippen molar-refractivity contribution in [3.63, 3.8) is 0 Å².